The van der Waals surface area contributed by atoms with Crippen LogP contribution in [-0.2, 0) is 10.0 Å². The van der Waals surface area contributed by atoms with Gasteiger partial charge in [-0.05, 0) is 11.8 Å². The van der Waals surface area contributed by atoms with Crippen molar-refractivity contribution in [3.63, 3.8) is 0 Å². The Morgan fingerprint density at radius 2 is 2.12 bits per heavy atom. The molecule has 0 radical (unpaired) electrons. The lowest BCUT2D eigenvalue weighted by molar-refractivity contribution is 0.307. The van der Waals surface area contributed by atoms with E-state index in [0.29, 0.717) is 26.1 Å². The number of rotatable bonds is 3. The first kappa shape index (κ1) is 14.4. The van der Waals surface area contributed by atoms with Gasteiger partial charge in [0.25, 0.3) is 0 Å². The highest BCUT2D eigenvalue weighted by Crippen LogP contribution is 2.21. The van der Waals surface area contributed by atoms with Crippen LogP contribution in [0.25, 0.3) is 0 Å². The molecule has 1 fully saturated rings. The minimum Gasteiger partial charge on any atom is -0.313 e. The number of nitrogens with one attached hydrogen (secondary N) is 1. The molecule has 1 atom stereocenters. The van der Waals surface area contributed by atoms with Crippen LogP contribution in [0.2, 0.25) is 0 Å². The fourth-order valence-corrected chi connectivity index (χ4v) is 3.66. The lowest BCUT2D eigenvalue weighted by Crippen LogP contribution is -2.53. The Bertz CT molecular complexity index is 392. The molecule has 0 amide bonds. The molecule has 1 rings (SSSR count). The quantitative estimate of drug-likeness (QED) is 0.803. The summed E-state index contributed by atoms with van der Waals surface area (Å²) in [5.74, 6) is 0.120. The molecule has 1 saturated heterocycles. The molecule has 0 aromatic carbocycles. The molecule has 0 aromatic heterocycles. The van der Waals surface area contributed by atoms with Crippen molar-refractivity contribution in [2.45, 2.75) is 33.2 Å². The Hall–Kier alpha value is -0.640. The van der Waals surface area contributed by atoms with Crippen molar-refractivity contribution >= 4 is 10.0 Å². The number of hydrogen-bond donors (Lipinski definition) is 1. The zero-order valence-corrected chi connectivity index (χ0v) is 11.5. The Kier molecular flexibility index (Phi) is 4.53. The van der Waals surface area contributed by atoms with Gasteiger partial charge >= 0.3 is 0 Å². The van der Waals surface area contributed by atoms with Gasteiger partial charge in [0.2, 0.25) is 10.0 Å². The van der Waals surface area contributed by atoms with Crippen LogP contribution < -0.4 is 5.32 Å². The van der Waals surface area contributed by atoms with Crippen molar-refractivity contribution in [2.75, 3.05) is 25.4 Å². The number of hydrogen-bond acceptors (Lipinski definition) is 4. The standard InChI is InChI=1S/C11H21N3O2S/c1-11(2,3)4-7-17(15,16)14-6-5-13-9-10(14)8-12/h10,13H,4-7,9H2,1-3H3. The van der Waals surface area contributed by atoms with Gasteiger partial charge in [-0.2, -0.15) is 9.57 Å². The summed E-state index contributed by atoms with van der Waals surface area (Å²) in [4.78, 5) is 0. The van der Waals surface area contributed by atoms with Crippen molar-refractivity contribution in [2.24, 2.45) is 5.41 Å². The third-order valence-corrected chi connectivity index (χ3v) is 4.68. The van der Waals surface area contributed by atoms with E-state index in [9.17, 15) is 8.42 Å². The van der Waals surface area contributed by atoms with E-state index >= 15 is 0 Å². The Labute approximate surface area is 104 Å². The molecule has 1 aliphatic rings. The van der Waals surface area contributed by atoms with Crippen LogP contribution in [0.1, 0.15) is 27.2 Å². The van der Waals surface area contributed by atoms with Gasteiger partial charge in [-0.25, -0.2) is 8.42 Å². The average molecular weight is 259 g/mol. The second-order valence-corrected chi connectivity index (χ2v) is 7.63. The largest absolute Gasteiger partial charge is 0.313 e. The Morgan fingerprint density at radius 3 is 2.65 bits per heavy atom. The Morgan fingerprint density at radius 1 is 1.47 bits per heavy atom. The van der Waals surface area contributed by atoms with Crippen molar-refractivity contribution in [3.8, 4) is 6.07 Å². The van der Waals surface area contributed by atoms with Gasteiger partial charge < -0.3 is 5.32 Å². The normalized spacial score (nSPS) is 23.3. The van der Waals surface area contributed by atoms with Gasteiger partial charge in [0, 0.05) is 19.6 Å². The summed E-state index contributed by atoms with van der Waals surface area (Å²) >= 11 is 0. The first-order valence-corrected chi connectivity index (χ1v) is 7.47. The highest BCUT2D eigenvalue weighted by atomic mass is 32.2. The van der Waals surface area contributed by atoms with Crippen LogP contribution in [0.5, 0.6) is 0 Å². The van der Waals surface area contributed by atoms with E-state index in [1.165, 1.54) is 4.31 Å². The summed E-state index contributed by atoms with van der Waals surface area (Å²) in [5, 5.41) is 12.0. The number of sulfonamides is 1. The summed E-state index contributed by atoms with van der Waals surface area (Å²) < 4.78 is 25.6. The molecule has 0 aliphatic carbocycles. The molecule has 1 unspecified atom stereocenters. The highest BCUT2D eigenvalue weighted by Gasteiger charge is 2.32. The molecule has 0 bridgehead atoms. The molecule has 6 heteroatoms. The van der Waals surface area contributed by atoms with E-state index < -0.39 is 16.1 Å². The molecular formula is C11H21N3O2S. The third-order valence-electron chi connectivity index (χ3n) is 2.81. The highest BCUT2D eigenvalue weighted by molar-refractivity contribution is 7.89. The predicted molar refractivity (Wildman–Crippen MR) is 66.8 cm³/mol. The number of nitriles is 1. The molecule has 5 nitrogen and oxygen atoms in total. The smallest absolute Gasteiger partial charge is 0.215 e. The summed E-state index contributed by atoms with van der Waals surface area (Å²) in [7, 11) is -3.31. The maximum Gasteiger partial charge on any atom is 0.215 e. The second kappa shape index (κ2) is 5.34. The first-order valence-electron chi connectivity index (χ1n) is 5.86. The van der Waals surface area contributed by atoms with Gasteiger partial charge in [0.05, 0.1) is 11.8 Å². The van der Waals surface area contributed by atoms with Crippen LogP contribution in [0.15, 0.2) is 0 Å². The molecule has 98 valence electrons. The van der Waals surface area contributed by atoms with Crippen molar-refractivity contribution < 1.29 is 8.42 Å². The van der Waals surface area contributed by atoms with E-state index in [0.717, 1.165) is 0 Å². The zero-order valence-electron chi connectivity index (χ0n) is 10.7. The predicted octanol–water partition coefficient (Wildman–Crippen LogP) is 0.550. The molecule has 0 aromatic rings. The van der Waals surface area contributed by atoms with Crippen LogP contribution in [0.4, 0.5) is 0 Å². The van der Waals surface area contributed by atoms with Gasteiger partial charge in [-0.1, -0.05) is 20.8 Å². The molecule has 1 aliphatic heterocycles. The monoisotopic (exact) mass is 259 g/mol. The summed E-state index contributed by atoms with van der Waals surface area (Å²) in [6, 6.07) is 1.48. The van der Waals surface area contributed by atoms with Crippen molar-refractivity contribution in [1.29, 1.82) is 5.26 Å². The topological polar surface area (TPSA) is 73.2 Å². The fraction of sp³-hybridized carbons (Fsp3) is 0.909. The van der Waals surface area contributed by atoms with Crippen LogP contribution in [0.3, 0.4) is 0 Å². The minimum atomic E-state index is -3.31. The van der Waals surface area contributed by atoms with Gasteiger partial charge in [-0.3, -0.25) is 0 Å². The lowest BCUT2D eigenvalue weighted by atomic mass is 9.94. The summed E-state index contributed by atoms with van der Waals surface area (Å²) in [6.45, 7) is 7.48. The zero-order chi connectivity index (χ0) is 13.1. The molecule has 1 heterocycles. The van der Waals surface area contributed by atoms with Gasteiger partial charge in [0.15, 0.2) is 0 Å². The Balaban J connectivity index is 2.72. The SMILES string of the molecule is CC(C)(C)CCS(=O)(=O)N1CCNCC1C#N. The van der Waals surface area contributed by atoms with E-state index in [-0.39, 0.29) is 11.2 Å². The van der Waals surface area contributed by atoms with Crippen LogP contribution in [0, 0.1) is 16.7 Å². The third kappa shape index (κ3) is 4.26. The maximum atomic E-state index is 12.1. The van der Waals surface area contributed by atoms with E-state index in [2.05, 4.69) is 5.32 Å². The molecule has 17 heavy (non-hydrogen) atoms. The first-order chi connectivity index (χ1) is 7.76. The van der Waals surface area contributed by atoms with Gasteiger partial charge in [-0.15, -0.1) is 0 Å². The molecule has 0 saturated carbocycles. The molecular weight excluding hydrogens is 238 g/mol. The molecule has 1 N–H and O–H groups in total. The summed E-state index contributed by atoms with van der Waals surface area (Å²) in [6.07, 6.45) is 0.609. The van der Waals surface area contributed by atoms with Crippen molar-refractivity contribution in [1.82, 2.24) is 9.62 Å². The van der Waals surface area contributed by atoms with E-state index in [1.807, 2.05) is 26.8 Å². The van der Waals surface area contributed by atoms with Crippen LogP contribution in [-0.4, -0.2) is 44.2 Å². The van der Waals surface area contributed by atoms with E-state index in [4.69, 9.17) is 5.26 Å². The average Bonchev–Trinajstić information content (AvgIpc) is 2.26. The maximum absolute atomic E-state index is 12.1. The number of piperazine rings is 1. The summed E-state index contributed by atoms with van der Waals surface area (Å²) in [5.41, 5.74) is -0.0107. The minimum absolute atomic E-state index is 0.0107. The lowest BCUT2D eigenvalue weighted by Gasteiger charge is -2.31. The number of nitrogens with zero attached hydrogens (tertiary/aromatic N) is 2. The van der Waals surface area contributed by atoms with Gasteiger partial charge in [0.1, 0.15) is 6.04 Å². The second-order valence-electron chi connectivity index (χ2n) is 5.59. The van der Waals surface area contributed by atoms with Crippen LogP contribution >= 0.6 is 0 Å². The fourth-order valence-electron chi connectivity index (χ4n) is 1.68. The van der Waals surface area contributed by atoms with Crippen molar-refractivity contribution in [3.05, 3.63) is 0 Å². The molecule has 0 spiro atoms. The van der Waals surface area contributed by atoms with E-state index in [1.54, 1.807) is 0 Å².